The Morgan fingerprint density at radius 2 is 2.10 bits per heavy atom. The molecule has 0 heterocycles. The zero-order valence-electron chi connectivity index (χ0n) is 12.2. The first-order chi connectivity index (χ1) is 9.70. The maximum absolute atomic E-state index is 11.3. The van der Waals surface area contributed by atoms with Gasteiger partial charge in [-0.2, -0.15) is 0 Å². The third-order valence-corrected chi connectivity index (χ3v) is 4.28. The van der Waals surface area contributed by atoms with Gasteiger partial charge in [0.1, 0.15) is 6.04 Å². The van der Waals surface area contributed by atoms with Crippen molar-refractivity contribution >= 4 is 5.97 Å². The Balaban J connectivity index is 1.87. The number of rotatable bonds is 7. The van der Waals surface area contributed by atoms with E-state index < -0.39 is 5.97 Å². The van der Waals surface area contributed by atoms with Crippen LogP contribution in [0.15, 0.2) is 30.3 Å². The number of carboxylic acids is 1. The summed E-state index contributed by atoms with van der Waals surface area (Å²) in [7, 11) is 0. The molecule has 1 fully saturated rings. The minimum Gasteiger partial charge on any atom is -0.480 e. The molecule has 0 spiro atoms. The van der Waals surface area contributed by atoms with E-state index in [2.05, 4.69) is 36.5 Å². The molecule has 1 aromatic rings. The maximum Gasteiger partial charge on any atom is 0.320 e. The van der Waals surface area contributed by atoms with Crippen LogP contribution in [0.25, 0.3) is 0 Å². The van der Waals surface area contributed by atoms with Crippen LogP contribution in [0.2, 0.25) is 0 Å². The van der Waals surface area contributed by atoms with Crippen LogP contribution in [-0.4, -0.2) is 23.2 Å². The fourth-order valence-electron chi connectivity index (χ4n) is 3.13. The molecule has 110 valence electrons. The minimum atomic E-state index is -0.707. The van der Waals surface area contributed by atoms with Gasteiger partial charge in [0.2, 0.25) is 0 Å². The highest BCUT2D eigenvalue weighted by atomic mass is 16.4. The lowest BCUT2D eigenvalue weighted by molar-refractivity contribution is -0.139. The summed E-state index contributed by atoms with van der Waals surface area (Å²) >= 11 is 0. The first-order valence-electron chi connectivity index (χ1n) is 7.74. The maximum atomic E-state index is 11.3. The van der Waals surface area contributed by atoms with Crippen molar-refractivity contribution in [2.75, 3.05) is 0 Å². The van der Waals surface area contributed by atoms with Gasteiger partial charge >= 0.3 is 5.97 Å². The van der Waals surface area contributed by atoms with Crippen LogP contribution in [0.1, 0.15) is 56.9 Å². The molecule has 3 heteroatoms. The van der Waals surface area contributed by atoms with Crippen molar-refractivity contribution in [2.45, 2.75) is 63.5 Å². The molecule has 0 amide bonds. The number of unbranched alkanes of at least 4 members (excludes halogenated alkanes) is 1. The summed E-state index contributed by atoms with van der Waals surface area (Å²) in [5.74, 6) is -0.129. The Bertz CT molecular complexity index is 418. The number of carboxylic acid groups (broad SMARTS) is 1. The normalized spacial score (nSPS) is 23.6. The molecule has 3 atom stereocenters. The van der Waals surface area contributed by atoms with Gasteiger partial charge in [0.25, 0.3) is 0 Å². The average Bonchev–Trinajstić information content (AvgIpc) is 2.92. The molecule has 0 saturated heterocycles. The molecule has 3 unspecified atom stereocenters. The quantitative estimate of drug-likeness (QED) is 0.800. The van der Waals surface area contributed by atoms with E-state index in [9.17, 15) is 9.90 Å². The second-order valence-corrected chi connectivity index (χ2v) is 5.82. The second kappa shape index (κ2) is 7.44. The van der Waals surface area contributed by atoms with Crippen LogP contribution < -0.4 is 5.32 Å². The Labute approximate surface area is 121 Å². The predicted molar refractivity (Wildman–Crippen MR) is 80.9 cm³/mol. The second-order valence-electron chi connectivity index (χ2n) is 5.82. The highest BCUT2D eigenvalue weighted by Crippen LogP contribution is 2.34. The van der Waals surface area contributed by atoms with E-state index in [4.69, 9.17) is 0 Å². The lowest BCUT2D eigenvalue weighted by atomic mass is 9.97. The standard InChI is InChI=1S/C17H25NO2/c1-2-3-9-16(17(19)20)18-15-11-10-14(12-15)13-7-5-4-6-8-13/h4-8,14-16,18H,2-3,9-12H2,1H3,(H,19,20). The summed E-state index contributed by atoms with van der Waals surface area (Å²) in [6.45, 7) is 2.10. The largest absolute Gasteiger partial charge is 0.480 e. The average molecular weight is 275 g/mol. The number of hydrogen-bond donors (Lipinski definition) is 2. The molecule has 1 saturated carbocycles. The number of hydrogen-bond acceptors (Lipinski definition) is 2. The highest BCUT2D eigenvalue weighted by Gasteiger charge is 2.29. The topological polar surface area (TPSA) is 49.3 Å². The van der Waals surface area contributed by atoms with E-state index >= 15 is 0 Å². The van der Waals surface area contributed by atoms with E-state index in [-0.39, 0.29) is 6.04 Å². The Morgan fingerprint density at radius 3 is 2.75 bits per heavy atom. The van der Waals surface area contributed by atoms with Crippen molar-refractivity contribution in [1.82, 2.24) is 5.32 Å². The molecule has 20 heavy (non-hydrogen) atoms. The van der Waals surface area contributed by atoms with Crippen molar-refractivity contribution < 1.29 is 9.90 Å². The van der Waals surface area contributed by atoms with Gasteiger partial charge in [-0.25, -0.2) is 0 Å². The Hall–Kier alpha value is -1.35. The summed E-state index contributed by atoms with van der Waals surface area (Å²) in [5.41, 5.74) is 1.39. The Morgan fingerprint density at radius 1 is 1.35 bits per heavy atom. The SMILES string of the molecule is CCCCC(NC1CCC(c2ccccc2)C1)C(=O)O. The highest BCUT2D eigenvalue weighted by molar-refractivity contribution is 5.73. The Kier molecular flexibility index (Phi) is 5.60. The van der Waals surface area contributed by atoms with Gasteiger partial charge in [-0.3, -0.25) is 4.79 Å². The fraction of sp³-hybridized carbons (Fsp3) is 0.588. The molecule has 0 aliphatic heterocycles. The van der Waals surface area contributed by atoms with Crippen LogP contribution >= 0.6 is 0 Å². The lowest BCUT2D eigenvalue weighted by Crippen LogP contribution is -2.42. The molecule has 0 radical (unpaired) electrons. The smallest absolute Gasteiger partial charge is 0.320 e. The van der Waals surface area contributed by atoms with Crippen molar-refractivity contribution in [2.24, 2.45) is 0 Å². The summed E-state index contributed by atoms with van der Waals surface area (Å²) in [6.07, 6.45) is 6.04. The first-order valence-corrected chi connectivity index (χ1v) is 7.74. The third kappa shape index (κ3) is 4.07. The summed E-state index contributed by atoms with van der Waals surface area (Å²) in [6, 6.07) is 10.5. The fourth-order valence-corrected chi connectivity index (χ4v) is 3.13. The van der Waals surface area contributed by atoms with E-state index in [0.29, 0.717) is 12.0 Å². The molecule has 2 N–H and O–H groups in total. The zero-order valence-corrected chi connectivity index (χ0v) is 12.2. The molecule has 0 aromatic heterocycles. The zero-order chi connectivity index (χ0) is 14.4. The third-order valence-electron chi connectivity index (χ3n) is 4.28. The van der Waals surface area contributed by atoms with Crippen molar-refractivity contribution in [1.29, 1.82) is 0 Å². The van der Waals surface area contributed by atoms with E-state index in [1.807, 2.05) is 6.07 Å². The van der Waals surface area contributed by atoms with Crippen molar-refractivity contribution in [3.05, 3.63) is 35.9 Å². The van der Waals surface area contributed by atoms with Crippen LogP contribution in [0.3, 0.4) is 0 Å². The predicted octanol–water partition coefficient (Wildman–Crippen LogP) is 3.56. The summed E-state index contributed by atoms with van der Waals surface area (Å²) < 4.78 is 0. The van der Waals surface area contributed by atoms with Gasteiger partial charge in [0, 0.05) is 6.04 Å². The number of carbonyl (C=O) groups is 1. The van der Waals surface area contributed by atoms with Gasteiger partial charge in [-0.15, -0.1) is 0 Å². The van der Waals surface area contributed by atoms with Gasteiger partial charge in [0.15, 0.2) is 0 Å². The van der Waals surface area contributed by atoms with E-state index in [0.717, 1.165) is 38.5 Å². The molecular formula is C17H25NO2. The summed E-state index contributed by atoms with van der Waals surface area (Å²) in [5, 5.41) is 12.6. The van der Waals surface area contributed by atoms with Crippen molar-refractivity contribution in [3.8, 4) is 0 Å². The summed E-state index contributed by atoms with van der Waals surface area (Å²) in [4.78, 5) is 11.3. The monoisotopic (exact) mass is 275 g/mol. The molecule has 1 aliphatic rings. The van der Waals surface area contributed by atoms with Crippen LogP contribution in [0.5, 0.6) is 0 Å². The van der Waals surface area contributed by atoms with Gasteiger partial charge in [-0.1, -0.05) is 50.1 Å². The molecule has 0 bridgehead atoms. The van der Waals surface area contributed by atoms with Crippen LogP contribution in [0.4, 0.5) is 0 Å². The molecule has 1 aliphatic carbocycles. The molecular weight excluding hydrogens is 250 g/mol. The first kappa shape index (κ1) is 15.0. The molecule has 2 rings (SSSR count). The number of benzene rings is 1. The van der Waals surface area contributed by atoms with Gasteiger partial charge in [0.05, 0.1) is 0 Å². The molecule has 1 aromatic carbocycles. The minimum absolute atomic E-state index is 0.346. The lowest BCUT2D eigenvalue weighted by Gasteiger charge is -2.19. The van der Waals surface area contributed by atoms with E-state index in [1.54, 1.807) is 0 Å². The number of nitrogens with one attached hydrogen (secondary N) is 1. The molecule has 3 nitrogen and oxygen atoms in total. The van der Waals surface area contributed by atoms with Crippen LogP contribution in [-0.2, 0) is 4.79 Å². The van der Waals surface area contributed by atoms with Gasteiger partial charge in [-0.05, 0) is 37.2 Å². The van der Waals surface area contributed by atoms with Gasteiger partial charge < -0.3 is 10.4 Å². The van der Waals surface area contributed by atoms with Crippen LogP contribution in [0, 0.1) is 0 Å². The van der Waals surface area contributed by atoms with Crippen molar-refractivity contribution in [3.63, 3.8) is 0 Å². The number of aliphatic carboxylic acids is 1. The van der Waals surface area contributed by atoms with E-state index in [1.165, 1.54) is 5.56 Å².